The molecule has 1 aliphatic heterocycles. The quantitative estimate of drug-likeness (QED) is 0.894. The van der Waals surface area contributed by atoms with Crippen molar-refractivity contribution < 1.29 is 4.74 Å². The SMILES string of the molecule is CCc1nn(C)c2c1nc(N)n2C1CCOC(C)C1. The molecule has 3 heterocycles. The molecule has 0 bridgehead atoms. The van der Waals surface area contributed by atoms with Gasteiger partial charge in [-0.1, -0.05) is 6.92 Å². The van der Waals surface area contributed by atoms with Crippen molar-refractivity contribution in [3.63, 3.8) is 0 Å². The number of rotatable bonds is 2. The van der Waals surface area contributed by atoms with Crippen molar-refractivity contribution in [2.45, 2.75) is 45.3 Å². The number of imidazole rings is 1. The molecule has 19 heavy (non-hydrogen) atoms. The lowest BCUT2D eigenvalue weighted by Gasteiger charge is -2.29. The van der Waals surface area contributed by atoms with E-state index in [9.17, 15) is 0 Å². The number of nitrogens with two attached hydrogens (primary N) is 1. The molecule has 2 unspecified atom stereocenters. The van der Waals surface area contributed by atoms with Gasteiger partial charge in [0.2, 0.25) is 5.95 Å². The van der Waals surface area contributed by atoms with Gasteiger partial charge in [0.1, 0.15) is 5.52 Å². The maximum absolute atomic E-state index is 6.14. The maximum atomic E-state index is 6.14. The molecule has 0 amide bonds. The molecule has 104 valence electrons. The summed E-state index contributed by atoms with van der Waals surface area (Å²) >= 11 is 0. The third-order valence-corrected chi connectivity index (χ3v) is 3.92. The predicted molar refractivity (Wildman–Crippen MR) is 74.0 cm³/mol. The molecule has 2 N–H and O–H groups in total. The van der Waals surface area contributed by atoms with Crippen molar-refractivity contribution in [3.8, 4) is 0 Å². The summed E-state index contributed by atoms with van der Waals surface area (Å²) in [7, 11) is 1.96. The number of nitrogens with zero attached hydrogens (tertiary/aromatic N) is 4. The Labute approximate surface area is 112 Å². The van der Waals surface area contributed by atoms with Gasteiger partial charge in [0, 0.05) is 19.7 Å². The van der Waals surface area contributed by atoms with Crippen molar-refractivity contribution in [2.24, 2.45) is 7.05 Å². The standard InChI is InChI=1S/C13H21N5O/c1-4-10-11-12(17(3)16-10)18(13(14)15-11)9-5-6-19-8(2)7-9/h8-9H,4-7H2,1-3H3,(H2,14,15). The van der Waals surface area contributed by atoms with Crippen LogP contribution in [-0.2, 0) is 18.2 Å². The average Bonchev–Trinajstić information content (AvgIpc) is 2.86. The van der Waals surface area contributed by atoms with Crippen LogP contribution in [0.15, 0.2) is 0 Å². The van der Waals surface area contributed by atoms with Crippen molar-refractivity contribution >= 4 is 17.1 Å². The second-order valence-corrected chi connectivity index (χ2v) is 5.30. The molecule has 1 aliphatic rings. The van der Waals surface area contributed by atoms with E-state index in [0.717, 1.165) is 42.7 Å². The van der Waals surface area contributed by atoms with E-state index < -0.39 is 0 Å². The van der Waals surface area contributed by atoms with Crippen molar-refractivity contribution in [1.29, 1.82) is 0 Å². The lowest BCUT2D eigenvalue weighted by atomic mass is 10.0. The molecule has 0 spiro atoms. The molecular formula is C13H21N5O. The number of hydrogen-bond acceptors (Lipinski definition) is 4. The van der Waals surface area contributed by atoms with E-state index in [4.69, 9.17) is 10.5 Å². The number of aryl methyl sites for hydroxylation is 2. The second-order valence-electron chi connectivity index (χ2n) is 5.30. The Morgan fingerprint density at radius 2 is 2.26 bits per heavy atom. The minimum atomic E-state index is 0.273. The molecule has 0 aliphatic carbocycles. The molecule has 2 aromatic rings. The molecule has 6 nitrogen and oxygen atoms in total. The van der Waals surface area contributed by atoms with E-state index >= 15 is 0 Å². The highest BCUT2D eigenvalue weighted by Crippen LogP contribution is 2.32. The van der Waals surface area contributed by atoms with Gasteiger partial charge in [-0.05, 0) is 26.2 Å². The van der Waals surface area contributed by atoms with Crippen LogP contribution in [0.2, 0.25) is 0 Å². The number of ether oxygens (including phenoxy) is 1. The molecular weight excluding hydrogens is 242 g/mol. The van der Waals surface area contributed by atoms with E-state index in [0.29, 0.717) is 12.0 Å². The highest BCUT2D eigenvalue weighted by Gasteiger charge is 2.26. The second kappa shape index (κ2) is 4.52. The lowest BCUT2D eigenvalue weighted by Crippen LogP contribution is -2.26. The van der Waals surface area contributed by atoms with Crippen molar-refractivity contribution in [2.75, 3.05) is 12.3 Å². The van der Waals surface area contributed by atoms with Gasteiger partial charge in [-0.3, -0.25) is 9.25 Å². The molecule has 1 saturated heterocycles. The molecule has 2 atom stereocenters. The third kappa shape index (κ3) is 1.90. The minimum Gasteiger partial charge on any atom is -0.378 e. The predicted octanol–water partition coefficient (Wildman–Crippen LogP) is 1.65. The Balaban J connectivity index is 2.12. The Morgan fingerprint density at radius 3 is 2.95 bits per heavy atom. The van der Waals surface area contributed by atoms with Crippen LogP contribution in [0.5, 0.6) is 0 Å². The number of anilines is 1. The van der Waals surface area contributed by atoms with Crippen LogP contribution < -0.4 is 5.73 Å². The summed E-state index contributed by atoms with van der Waals surface area (Å²) < 4.78 is 9.66. The summed E-state index contributed by atoms with van der Waals surface area (Å²) in [5, 5.41) is 4.53. The van der Waals surface area contributed by atoms with Gasteiger partial charge >= 0.3 is 0 Å². The first-order chi connectivity index (χ1) is 9.11. The molecule has 0 saturated carbocycles. The lowest BCUT2D eigenvalue weighted by molar-refractivity contribution is 0.00695. The van der Waals surface area contributed by atoms with Gasteiger partial charge in [0.15, 0.2) is 5.65 Å². The van der Waals surface area contributed by atoms with Crippen LogP contribution in [-0.4, -0.2) is 32.0 Å². The Hall–Kier alpha value is -1.56. The Morgan fingerprint density at radius 1 is 1.47 bits per heavy atom. The normalized spacial score (nSPS) is 24.2. The third-order valence-electron chi connectivity index (χ3n) is 3.92. The average molecular weight is 263 g/mol. The smallest absolute Gasteiger partial charge is 0.202 e. The number of aromatic nitrogens is 4. The fourth-order valence-electron chi connectivity index (χ4n) is 3.03. The van der Waals surface area contributed by atoms with E-state index in [1.165, 1.54) is 0 Å². The van der Waals surface area contributed by atoms with Gasteiger partial charge in [0.25, 0.3) is 0 Å². The maximum Gasteiger partial charge on any atom is 0.202 e. The van der Waals surface area contributed by atoms with Gasteiger partial charge in [-0.15, -0.1) is 0 Å². The zero-order valence-electron chi connectivity index (χ0n) is 11.8. The fraction of sp³-hybridized carbons (Fsp3) is 0.692. The molecule has 2 aromatic heterocycles. The topological polar surface area (TPSA) is 70.9 Å². The van der Waals surface area contributed by atoms with Gasteiger partial charge in [-0.25, -0.2) is 4.98 Å². The van der Waals surface area contributed by atoms with Crippen LogP contribution >= 0.6 is 0 Å². The highest BCUT2D eigenvalue weighted by atomic mass is 16.5. The van der Waals surface area contributed by atoms with Crippen molar-refractivity contribution in [3.05, 3.63) is 5.69 Å². The first kappa shape index (κ1) is 12.5. The number of nitrogen functional groups attached to an aromatic ring is 1. The van der Waals surface area contributed by atoms with Crippen LogP contribution in [0.4, 0.5) is 5.95 Å². The molecule has 0 aromatic carbocycles. The van der Waals surface area contributed by atoms with E-state index in [-0.39, 0.29) is 6.10 Å². The van der Waals surface area contributed by atoms with E-state index in [1.54, 1.807) is 0 Å². The number of fused-ring (bicyclic) bond motifs is 1. The Bertz CT molecular complexity index is 600. The summed E-state index contributed by atoms with van der Waals surface area (Å²) in [6, 6.07) is 0.355. The van der Waals surface area contributed by atoms with Gasteiger partial charge in [0.05, 0.1) is 11.8 Å². The van der Waals surface area contributed by atoms with Crippen LogP contribution in [0, 0.1) is 0 Å². The highest BCUT2D eigenvalue weighted by molar-refractivity contribution is 5.78. The number of hydrogen-bond donors (Lipinski definition) is 1. The van der Waals surface area contributed by atoms with Gasteiger partial charge in [-0.2, -0.15) is 5.10 Å². The van der Waals surface area contributed by atoms with Crippen molar-refractivity contribution in [1.82, 2.24) is 19.3 Å². The van der Waals surface area contributed by atoms with Crippen LogP contribution in [0.1, 0.15) is 38.4 Å². The summed E-state index contributed by atoms with van der Waals surface area (Å²) in [4.78, 5) is 4.52. The monoisotopic (exact) mass is 263 g/mol. The minimum absolute atomic E-state index is 0.273. The largest absolute Gasteiger partial charge is 0.378 e. The first-order valence-electron chi connectivity index (χ1n) is 6.92. The summed E-state index contributed by atoms with van der Waals surface area (Å²) in [5.74, 6) is 0.594. The van der Waals surface area contributed by atoms with E-state index in [1.807, 2.05) is 11.7 Å². The molecule has 3 rings (SSSR count). The summed E-state index contributed by atoms with van der Waals surface area (Å²) in [5.41, 5.74) is 9.13. The Kier molecular flexibility index (Phi) is 2.97. The molecule has 6 heteroatoms. The molecule has 1 fully saturated rings. The zero-order chi connectivity index (χ0) is 13.6. The molecule has 0 radical (unpaired) electrons. The van der Waals surface area contributed by atoms with Crippen LogP contribution in [0.25, 0.3) is 11.2 Å². The fourth-order valence-corrected chi connectivity index (χ4v) is 3.03. The van der Waals surface area contributed by atoms with Crippen LogP contribution in [0.3, 0.4) is 0 Å². The first-order valence-corrected chi connectivity index (χ1v) is 6.92. The van der Waals surface area contributed by atoms with E-state index in [2.05, 4.69) is 28.5 Å². The zero-order valence-corrected chi connectivity index (χ0v) is 11.8. The summed E-state index contributed by atoms with van der Waals surface area (Å²) in [6.07, 6.45) is 3.10. The summed E-state index contributed by atoms with van der Waals surface area (Å²) in [6.45, 7) is 4.98. The van der Waals surface area contributed by atoms with Gasteiger partial charge < -0.3 is 10.5 Å².